The van der Waals surface area contributed by atoms with Gasteiger partial charge in [0.2, 0.25) is 15.9 Å². The molecule has 3 aromatic rings. The number of carbonyl (C=O) groups excluding carboxylic acids is 1. The molecule has 3 N–H and O–H groups in total. The van der Waals surface area contributed by atoms with Gasteiger partial charge in [-0.3, -0.25) is 4.79 Å². The number of benzene rings is 3. The Morgan fingerprint density at radius 2 is 1.79 bits per heavy atom. The first kappa shape index (κ1) is 29.1. The second kappa shape index (κ2) is 12.1. The molecule has 0 aromatic heterocycles. The minimum absolute atomic E-state index is 0.0113. The van der Waals surface area contributed by atoms with Crippen LogP contribution in [0.1, 0.15) is 37.5 Å². The van der Waals surface area contributed by atoms with Crippen molar-refractivity contribution < 1.29 is 22.2 Å². The quantitative estimate of drug-likeness (QED) is 0.296. The molecular formula is C28H32ClN3O5S2. The predicted molar refractivity (Wildman–Crippen MR) is 156 cm³/mol. The summed E-state index contributed by atoms with van der Waals surface area (Å²) >= 11 is 6.22. The summed E-state index contributed by atoms with van der Waals surface area (Å²) in [6.07, 6.45) is 1.40. The van der Waals surface area contributed by atoms with Crippen molar-refractivity contribution in [2.24, 2.45) is 0 Å². The van der Waals surface area contributed by atoms with Gasteiger partial charge in [-0.1, -0.05) is 41.9 Å². The van der Waals surface area contributed by atoms with E-state index >= 15 is 0 Å². The Morgan fingerprint density at radius 3 is 2.56 bits per heavy atom. The predicted octanol–water partition coefficient (Wildman–Crippen LogP) is 4.85. The third-order valence-electron chi connectivity index (χ3n) is 5.94. The van der Waals surface area contributed by atoms with Crippen LogP contribution in [0.15, 0.2) is 65.6 Å². The fourth-order valence-corrected chi connectivity index (χ4v) is 7.05. The topological polar surface area (TPSA) is 114 Å². The fraction of sp³-hybridized carbons (Fsp3) is 0.321. The van der Waals surface area contributed by atoms with Gasteiger partial charge in [-0.2, -0.15) is 0 Å². The van der Waals surface area contributed by atoms with Gasteiger partial charge in [0.15, 0.2) is 0 Å². The Bertz CT molecular complexity index is 1500. The van der Waals surface area contributed by atoms with Gasteiger partial charge in [0.05, 0.1) is 18.7 Å². The molecule has 39 heavy (non-hydrogen) atoms. The average molecular weight is 590 g/mol. The number of hydrogen-bond acceptors (Lipinski definition) is 5. The number of para-hydroxylation sites is 1. The summed E-state index contributed by atoms with van der Waals surface area (Å²) in [5.74, 6) is 0.806. The van der Waals surface area contributed by atoms with E-state index in [-0.39, 0.29) is 22.2 Å². The van der Waals surface area contributed by atoms with E-state index in [1.54, 1.807) is 51.1 Å². The van der Waals surface area contributed by atoms with Gasteiger partial charge >= 0.3 is 0 Å². The molecule has 1 aliphatic heterocycles. The molecule has 1 atom stereocenters. The molecule has 1 aliphatic rings. The molecule has 208 valence electrons. The molecule has 0 bridgehead atoms. The van der Waals surface area contributed by atoms with Crippen LogP contribution in [0.25, 0.3) is 0 Å². The second-order valence-electron chi connectivity index (χ2n) is 10.3. The van der Waals surface area contributed by atoms with Gasteiger partial charge < -0.3 is 14.8 Å². The molecule has 1 amide bonds. The second-order valence-corrected chi connectivity index (χ2v) is 13.7. The van der Waals surface area contributed by atoms with E-state index in [4.69, 9.17) is 16.3 Å². The van der Waals surface area contributed by atoms with Crippen molar-refractivity contribution in [1.82, 2.24) is 4.72 Å². The number of anilines is 2. The van der Waals surface area contributed by atoms with E-state index in [2.05, 4.69) is 14.8 Å². The molecule has 0 saturated heterocycles. The minimum atomic E-state index is -3.82. The first-order chi connectivity index (χ1) is 18.4. The van der Waals surface area contributed by atoms with Gasteiger partial charge in [0.1, 0.15) is 21.6 Å². The Kier molecular flexibility index (Phi) is 9.00. The molecule has 0 fully saturated rings. The van der Waals surface area contributed by atoms with Crippen LogP contribution in [0, 0.1) is 0 Å². The van der Waals surface area contributed by atoms with Crippen LogP contribution >= 0.6 is 11.6 Å². The van der Waals surface area contributed by atoms with Gasteiger partial charge in [-0.15, -0.1) is 0 Å². The molecule has 0 radical (unpaired) electrons. The lowest BCUT2D eigenvalue weighted by Crippen LogP contribution is -2.40. The first-order valence-electron chi connectivity index (χ1n) is 12.5. The zero-order chi connectivity index (χ0) is 28.2. The van der Waals surface area contributed by atoms with Crippen molar-refractivity contribution in [2.45, 2.75) is 50.5 Å². The number of amides is 1. The van der Waals surface area contributed by atoms with E-state index in [9.17, 15) is 17.4 Å². The highest BCUT2D eigenvalue weighted by atomic mass is 35.5. The van der Waals surface area contributed by atoms with Crippen LogP contribution in [0.4, 0.5) is 11.4 Å². The molecule has 3 aromatic carbocycles. The maximum Gasteiger partial charge on any atom is 0.243 e. The Hall–Kier alpha value is -2.92. The van der Waals surface area contributed by atoms with Crippen molar-refractivity contribution in [3.63, 3.8) is 0 Å². The molecule has 4 rings (SSSR count). The lowest BCUT2D eigenvalue weighted by molar-refractivity contribution is -0.115. The van der Waals surface area contributed by atoms with E-state index in [0.717, 1.165) is 22.4 Å². The molecular weight excluding hydrogens is 558 g/mol. The third-order valence-corrected chi connectivity index (χ3v) is 9.01. The van der Waals surface area contributed by atoms with Crippen molar-refractivity contribution >= 4 is 49.9 Å². The lowest BCUT2D eigenvalue weighted by Gasteiger charge is -2.21. The number of aryl methyl sites for hydroxylation is 1. The zero-order valence-corrected chi connectivity index (χ0v) is 24.4. The van der Waals surface area contributed by atoms with Crippen LogP contribution in [-0.4, -0.2) is 36.4 Å². The highest BCUT2D eigenvalue weighted by molar-refractivity contribution is 7.90. The SMILES string of the molecule is CC(C)(C)NS(=O)(=O)c1ccccc1NS(=O)CCc1ccc(Cl)cc1OCCc1cccc2c1CC(=O)N2. The fourth-order valence-electron chi connectivity index (χ4n) is 4.31. The molecule has 1 unspecified atom stereocenters. The average Bonchev–Trinajstić information content (AvgIpc) is 3.23. The number of fused-ring (bicyclic) bond motifs is 1. The number of carbonyl (C=O) groups is 1. The monoisotopic (exact) mass is 589 g/mol. The summed E-state index contributed by atoms with van der Waals surface area (Å²) in [7, 11) is -5.38. The highest BCUT2D eigenvalue weighted by Gasteiger charge is 2.25. The summed E-state index contributed by atoms with van der Waals surface area (Å²) in [6.45, 7) is 5.66. The van der Waals surface area contributed by atoms with Crippen LogP contribution in [0.5, 0.6) is 5.75 Å². The van der Waals surface area contributed by atoms with Crippen LogP contribution in [-0.2, 0) is 45.1 Å². The van der Waals surface area contributed by atoms with E-state index in [1.807, 2.05) is 24.3 Å². The Balaban J connectivity index is 1.39. The van der Waals surface area contributed by atoms with Gasteiger partial charge in [0.25, 0.3) is 0 Å². The number of ether oxygens (including phenoxy) is 1. The van der Waals surface area contributed by atoms with Crippen molar-refractivity contribution in [1.29, 1.82) is 0 Å². The molecule has 11 heteroatoms. The summed E-state index contributed by atoms with van der Waals surface area (Å²) in [5, 5.41) is 3.38. The number of nitrogens with one attached hydrogen (secondary N) is 3. The summed E-state index contributed by atoms with van der Waals surface area (Å²) in [6, 6.07) is 17.5. The summed E-state index contributed by atoms with van der Waals surface area (Å²) in [4.78, 5) is 11.8. The van der Waals surface area contributed by atoms with Crippen molar-refractivity contribution in [3.8, 4) is 5.75 Å². The zero-order valence-electron chi connectivity index (χ0n) is 22.0. The van der Waals surface area contributed by atoms with Gasteiger partial charge in [-0.25, -0.2) is 17.3 Å². The summed E-state index contributed by atoms with van der Waals surface area (Å²) in [5.41, 5.74) is 3.33. The number of rotatable bonds is 11. The largest absolute Gasteiger partial charge is 0.493 e. The lowest BCUT2D eigenvalue weighted by atomic mass is 10.0. The molecule has 0 spiro atoms. The standard InChI is InChI=1S/C28H32ClN3O5S2/c1-28(2,3)32-39(35,36)26-10-5-4-8-24(26)31-38(34)16-14-20-11-12-21(29)17-25(20)37-15-13-19-7-6-9-23-22(19)18-27(33)30-23/h4-12,17,31-32H,13-16,18H2,1-3H3,(H,30,33). The smallest absolute Gasteiger partial charge is 0.243 e. The van der Waals surface area contributed by atoms with Crippen LogP contribution in [0.3, 0.4) is 0 Å². The molecule has 8 nitrogen and oxygen atoms in total. The molecule has 1 heterocycles. The summed E-state index contributed by atoms with van der Waals surface area (Å²) < 4.78 is 50.3. The van der Waals surface area contributed by atoms with Gasteiger partial charge in [-0.05, 0) is 74.2 Å². The third kappa shape index (κ3) is 7.82. The number of sulfonamides is 1. The number of halogens is 1. The van der Waals surface area contributed by atoms with E-state index in [0.29, 0.717) is 36.6 Å². The van der Waals surface area contributed by atoms with Crippen LogP contribution < -0.4 is 19.5 Å². The minimum Gasteiger partial charge on any atom is -0.493 e. The van der Waals surface area contributed by atoms with Gasteiger partial charge in [0, 0.05) is 28.4 Å². The highest BCUT2D eigenvalue weighted by Crippen LogP contribution is 2.28. The van der Waals surface area contributed by atoms with E-state index < -0.39 is 26.5 Å². The van der Waals surface area contributed by atoms with Crippen molar-refractivity contribution in [3.05, 3.63) is 82.4 Å². The maximum absolute atomic E-state index is 12.9. The number of hydrogen-bond donors (Lipinski definition) is 3. The van der Waals surface area contributed by atoms with Crippen LogP contribution in [0.2, 0.25) is 5.02 Å². The first-order valence-corrected chi connectivity index (χ1v) is 15.7. The Labute approximate surface area is 237 Å². The maximum atomic E-state index is 12.9. The normalized spacial score (nSPS) is 14.0. The molecule has 0 saturated carbocycles. The molecule has 0 aliphatic carbocycles. The van der Waals surface area contributed by atoms with Crippen molar-refractivity contribution in [2.75, 3.05) is 22.4 Å². The Morgan fingerprint density at radius 1 is 1.03 bits per heavy atom. The van der Waals surface area contributed by atoms with E-state index in [1.165, 1.54) is 6.07 Å².